The van der Waals surface area contributed by atoms with Crippen molar-refractivity contribution in [1.29, 1.82) is 0 Å². The fourth-order valence-electron chi connectivity index (χ4n) is 2.37. The Kier molecular flexibility index (Phi) is 6.63. The Bertz CT molecular complexity index is 479. The van der Waals surface area contributed by atoms with E-state index in [9.17, 15) is 41.0 Å². The summed E-state index contributed by atoms with van der Waals surface area (Å²) in [5, 5.41) is 18.9. The Balaban J connectivity index is 6.36. The molecule has 0 rings (SSSR count). The van der Waals surface area contributed by atoms with Gasteiger partial charge < -0.3 is 15.1 Å². The molecule has 7 nitrogen and oxygen atoms in total. The monoisotopic (exact) mass is 370 g/mol. The summed E-state index contributed by atoms with van der Waals surface area (Å²) in [6.07, 6.45) is -12.0. The fourth-order valence-corrected chi connectivity index (χ4v) is 2.37. The Hall–Kier alpha value is -1.60. The van der Waals surface area contributed by atoms with Crippen molar-refractivity contribution in [1.82, 2.24) is 4.90 Å². The number of nitrogens with zero attached hydrogens (tertiary/aromatic N) is 1. The molecule has 0 aromatic heterocycles. The van der Waals surface area contributed by atoms with E-state index in [0.717, 1.165) is 6.92 Å². The van der Waals surface area contributed by atoms with E-state index in [0.29, 0.717) is 0 Å². The summed E-state index contributed by atoms with van der Waals surface area (Å²) < 4.78 is 78.2. The maximum atomic E-state index is 13.5. The minimum absolute atomic E-state index is 0.246. The van der Waals surface area contributed by atoms with Crippen LogP contribution in [-0.4, -0.2) is 58.2 Å². The van der Waals surface area contributed by atoms with Crippen molar-refractivity contribution in [2.75, 3.05) is 13.1 Å². The van der Waals surface area contributed by atoms with Crippen molar-refractivity contribution in [3.05, 3.63) is 0 Å². The van der Waals surface area contributed by atoms with Gasteiger partial charge in [0, 0.05) is 0 Å². The van der Waals surface area contributed by atoms with E-state index in [1.807, 2.05) is 0 Å². The summed E-state index contributed by atoms with van der Waals surface area (Å²) in [7, 11) is 0. The lowest BCUT2D eigenvalue weighted by molar-refractivity contribution is -0.320. The van der Waals surface area contributed by atoms with Crippen molar-refractivity contribution >= 4 is 11.9 Å². The van der Waals surface area contributed by atoms with Crippen LogP contribution in [0.1, 0.15) is 20.3 Å². The summed E-state index contributed by atoms with van der Waals surface area (Å²) in [6, 6.07) is 0. The molecule has 2 atom stereocenters. The quantitative estimate of drug-likeness (QED) is 0.348. The van der Waals surface area contributed by atoms with Crippen LogP contribution in [0.4, 0.5) is 26.3 Å². The predicted octanol–water partition coefficient (Wildman–Crippen LogP) is 1.02. The number of carbonyl (C=O) groups excluding carboxylic acids is 1. The van der Waals surface area contributed by atoms with Crippen LogP contribution in [0.5, 0.6) is 0 Å². The smallest absolute Gasteiger partial charge is 0.409 e. The van der Waals surface area contributed by atoms with Gasteiger partial charge in [-0.2, -0.15) is 32.2 Å². The van der Waals surface area contributed by atoms with Crippen LogP contribution >= 0.6 is 0 Å². The maximum Gasteiger partial charge on any atom is 0.409 e. The number of alkyl halides is 6. The molecule has 2 unspecified atom stereocenters. The number of hydrogen-bond donors (Lipinski definition) is 3. The van der Waals surface area contributed by atoms with E-state index < -0.39 is 59.8 Å². The van der Waals surface area contributed by atoms with Crippen molar-refractivity contribution in [2.45, 2.75) is 38.3 Å². The van der Waals surface area contributed by atoms with Gasteiger partial charge in [0.1, 0.15) is 5.72 Å². The first kappa shape index (κ1) is 22.4. The van der Waals surface area contributed by atoms with Crippen LogP contribution in [0.3, 0.4) is 0 Å². The molecular formula is C11H16F6N2O5. The molecule has 0 aromatic carbocycles. The van der Waals surface area contributed by atoms with Gasteiger partial charge in [0.15, 0.2) is 0 Å². The number of aliphatic carboxylic acids is 1. The molecule has 0 bridgehead atoms. The zero-order valence-electron chi connectivity index (χ0n) is 12.5. The third-order valence-corrected chi connectivity index (χ3v) is 3.59. The second-order valence-electron chi connectivity index (χ2n) is 5.05. The van der Waals surface area contributed by atoms with E-state index in [-0.39, 0.29) is 6.92 Å². The summed E-state index contributed by atoms with van der Waals surface area (Å²) in [4.78, 5) is 25.4. The molecule has 0 heterocycles. The molecule has 0 saturated carbocycles. The lowest BCUT2D eigenvalue weighted by atomic mass is 9.73. The molecule has 13 heteroatoms. The largest absolute Gasteiger partial charge is 0.480 e. The van der Waals surface area contributed by atoms with Gasteiger partial charge in [0.05, 0.1) is 13.1 Å². The number of carboxylic acid groups (broad SMARTS) is 1. The van der Waals surface area contributed by atoms with Gasteiger partial charge in [0.2, 0.25) is 5.41 Å². The van der Waals surface area contributed by atoms with E-state index in [4.69, 9.17) is 5.11 Å². The van der Waals surface area contributed by atoms with Gasteiger partial charge in [-0.05, 0) is 13.3 Å². The van der Waals surface area contributed by atoms with E-state index in [1.165, 1.54) is 0 Å². The number of nitrogens with two attached hydrogens (primary N) is 1. The second-order valence-corrected chi connectivity index (χ2v) is 5.05. The minimum Gasteiger partial charge on any atom is -0.480 e. The predicted molar refractivity (Wildman–Crippen MR) is 64.9 cm³/mol. The fraction of sp³-hybridized carbons (Fsp3) is 0.818. The van der Waals surface area contributed by atoms with Crippen LogP contribution in [0.2, 0.25) is 0 Å². The third kappa shape index (κ3) is 4.27. The Morgan fingerprint density at radius 3 is 1.88 bits per heavy atom. The highest BCUT2D eigenvalue weighted by molar-refractivity contribution is 5.79. The summed E-state index contributed by atoms with van der Waals surface area (Å²) in [5.41, 5.74) is -7.53. The Labute approximate surface area is 131 Å². The number of hydrogen-bond acceptors (Lipinski definition) is 6. The number of halogens is 6. The van der Waals surface area contributed by atoms with E-state index in [2.05, 4.69) is 10.7 Å². The number of aliphatic hydroxyl groups is 1. The van der Waals surface area contributed by atoms with E-state index >= 15 is 0 Å². The molecule has 0 fully saturated rings. The van der Waals surface area contributed by atoms with Gasteiger partial charge in [-0.15, -0.1) is 0 Å². The van der Waals surface area contributed by atoms with Crippen molar-refractivity contribution < 1.29 is 51.0 Å². The highest BCUT2D eigenvalue weighted by Gasteiger charge is 2.72. The van der Waals surface area contributed by atoms with Crippen molar-refractivity contribution in [3.63, 3.8) is 0 Å². The van der Waals surface area contributed by atoms with Gasteiger partial charge in [-0.1, -0.05) is 6.92 Å². The molecule has 142 valence electrons. The molecular weight excluding hydrogens is 354 g/mol. The summed E-state index contributed by atoms with van der Waals surface area (Å²) >= 11 is 0. The molecule has 0 amide bonds. The van der Waals surface area contributed by atoms with Crippen molar-refractivity contribution in [3.8, 4) is 0 Å². The Morgan fingerprint density at radius 1 is 1.17 bits per heavy atom. The average Bonchev–Trinajstić information content (AvgIpc) is 2.34. The summed E-state index contributed by atoms with van der Waals surface area (Å²) in [6.45, 7) is -2.84. The highest BCUT2D eigenvalue weighted by atomic mass is 19.4. The van der Waals surface area contributed by atoms with Crippen LogP contribution in [0.15, 0.2) is 0 Å². The molecule has 0 aliphatic heterocycles. The van der Waals surface area contributed by atoms with Crippen LogP contribution in [-0.2, 0) is 14.4 Å². The first-order valence-corrected chi connectivity index (χ1v) is 6.30. The molecule has 0 saturated heterocycles. The van der Waals surface area contributed by atoms with Gasteiger partial charge >= 0.3 is 24.3 Å². The zero-order valence-corrected chi connectivity index (χ0v) is 12.5. The minimum atomic E-state index is -5.59. The van der Waals surface area contributed by atoms with Crippen molar-refractivity contribution in [2.24, 2.45) is 11.3 Å². The first-order valence-electron chi connectivity index (χ1n) is 6.30. The molecule has 0 spiro atoms. The zero-order chi connectivity index (χ0) is 19.6. The second kappa shape index (κ2) is 7.11. The summed E-state index contributed by atoms with van der Waals surface area (Å²) in [5.74, 6) is 0.237. The average molecular weight is 370 g/mol. The molecule has 0 radical (unpaired) electrons. The lowest BCUT2D eigenvalue weighted by Crippen LogP contribution is -2.69. The first-order chi connectivity index (χ1) is 10.6. The standard InChI is InChI=1S/C11H16F6N2O5/c1-3-9(7(22)24-18,11(15,16)17)8(2,23)19(4-6(20)21)5-10(12,13)14/h23H,3-5,18H2,1-2H3,(H,20,21). The molecule has 4 N–H and O–H groups in total. The van der Waals surface area contributed by atoms with E-state index in [1.54, 1.807) is 0 Å². The van der Waals surface area contributed by atoms with Gasteiger partial charge in [-0.3, -0.25) is 9.69 Å². The number of rotatable bonds is 7. The number of carbonyl (C=O) groups is 2. The SMILES string of the molecule is CCC(C(=O)ON)(C(F)(F)F)C(C)(O)N(CC(=O)O)CC(F)(F)F. The van der Waals surface area contributed by atoms with Crippen LogP contribution in [0, 0.1) is 5.41 Å². The van der Waals surface area contributed by atoms with Gasteiger partial charge in [0.25, 0.3) is 0 Å². The third-order valence-electron chi connectivity index (χ3n) is 3.59. The molecule has 0 aliphatic rings. The maximum absolute atomic E-state index is 13.5. The molecule has 0 aromatic rings. The Morgan fingerprint density at radius 2 is 1.62 bits per heavy atom. The van der Waals surface area contributed by atoms with Gasteiger partial charge in [-0.25, -0.2) is 4.79 Å². The van der Waals surface area contributed by atoms with Crippen LogP contribution < -0.4 is 5.90 Å². The highest BCUT2D eigenvalue weighted by Crippen LogP contribution is 2.51. The molecule has 0 aliphatic carbocycles. The topological polar surface area (TPSA) is 113 Å². The lowest BCUT2D eigenvalue weighted by Gasteiger charge is -2.48. The van der Waals surface area contributed by atoms with Crippen LogP contribution in [0.25, 0.3) is 0 Å². The number of carboxylic acids is 1. The molecule has 24 heavy (non-hydrogen) atoms. The normalized spacial score (nSPS) is 18.0.